The molecule has 0 unspecified atom stereocenters. The Kier molecular flexibility index (Phi) is 4.88. The van der Waals surface area contributed by atoms with E-state index in [4.69, 9.17) is 4.42 Å². The van der Waals surface area contributed by atoms with E-state index in [9.17, 15) is 19.7 Å². The van der Waals surface area contributed by atoms with Crippen molar-refractivity contribution >= 4 is 23.2 Å². The van der Waals surface area contributed by atoms with E-state index in [1.54, 1.807) is 29.2 Å². The molecule has 1 saturated heterocycles. The summed E-state index contributed by atoms with van der Waals surface area (Å²) in [6.45, 7) is 2.10. The molecule has 3 heterocycles. The highest BCUT2D eigenvalue weighted by Crippen LogP contribution is 2.38. The van der Waals surface area contributed by atoms with Crippen LogP contribution in [-0.2, 0) is 11.2 Å². The number of carbonyl (C=O) groups excluding carboxylic acids is 2. The van der Waals surface area contributed by atoms with Crippen molar-refractivity contribution in [3.63, 3.8) is 0 Å². The summed E-state index contributed by atoms with van der Waals surface area (Å²) in [5.41, 5.74) is 1.75. The van der Waals surface area contributed by atoms with Gasteiger partial charge in [-0.05, 0) is 48.9 Å². The van der Waals surface area contributed by atoms with Gasteiger partial charge in [0, 0.05) is 44.0 Å². The first-order valence-corrected chi connectivity index (χ1v) is 10.7. The smallest absolute Gasteiger partial charge is 0.289 e. The largest absolute Gasteiger partial charge is 0.459 e. The second-order valence-corrected chi connectivity index (χ2v) is 8.56. The van der Waals surface area contributed by atoms with Crippen LogP contribution >= 0.6 is 0 Å². The van der Waals surface area contributed by atoms with Crippen molar-refractivity contribution in [3.8, 4) is 0 Å². The van der Waals surface area contributed by atoms with Crippen molar-refractivity contribution in [1.82, 2.24) is 10.2 Å². The molecular weight excluding hydrogens is 400 g/mol. The predicted molar refractivity (Wildman–Crippen MR) is 112 cm³/mol. The molecule has 31 heavy (non-hydrogen) atoms. The van der Waals surface area contributed by atoms with Gasteiger partial charge in [0.1, 0.15) is 0 Å². The van der Waals surface area contributed by atoms with E-state index in [1.807, 2.05) is 0 Å². The van der Waals surface area contributed by atoms with E-state index in [-0.39, 0.29) is 35.2 Å². The maximum absolute atomic E-state index is 13.1. The van der Waals surface area contributed by atoms with E-state index in [1.165, 1.54) is 12.3 Å². The minimum Gasteiger partial charge on any atom is -0.459 e. The van der Waals surface area contributed by atoms with Gasteiger partial charge in [-0.25, -0.2) is 0 Å². The van der Waals surface area contributed by atoms with Gasteiger partial charge in [0.15, 0.2) is 5.76 Å². The van der Waals surface area contributed by atoms with Crippen LogP contribution in [0.25, 0.3) is 0 Å². The third-order valence-electron chi connectivity index (χ3n) is 6.52. The Hall–Kier alpha value is -3.36. The van der Waals surface area contributed by atoms with E-state index in [0.29, 0.717) is 38.5 Å². The second kappa shape index (κ2) is 7.72. The first-order valence-electron chi connectivity index (χ1n) is 10.7. The normalized spacial score (nSPS) is 22.5. The lowest BCUT2D eigenvalue weighted by Gasteiger charge is -2.48. The maximum Gasteiger partial charge on any atom is 0.289 e. The molecule has 1 aromatic heterocycles. The van der Waals surface area contributed by atoms with Gasteiger partial charge in [0.05, 0.1) is 23.1 Å². The number of amides is 2. The van der Waals surface area contributed by atoms with Crippen LogP contribution < -0.4 is 10.2 Å². The van der Waals surface area contributed by atoms with Crippen LogP contribution in [-0.4, -0.2) is 53.9 Å². The number of anilines is 1. The van der Waals surface area contributed by atoms with Gasteiger partial charge < -0.3 is 19.5 Å². The van der Waals surface area contributed by atoms with Crippen LogP contribution in [0.1, 0.15) is 29.0 Å². The zero-order valence-electron chi connectivity index (χ0n) is 17.0. The van der Waals surface area contributed by atoms with Crippen molar-refractivity contribution in [1.29, 1.82) is 0 Å². The highest BCUT2D eigenvalue weighted by Gasteiger charge is 2.43. The minimum absolute atomic E-state index is 0.0287. The molecule has 2 aromatic rings. The summed E-state index contributed by atoms with van der Waals surface area (Å²) in [5, 5.41) is 14.3. The number of non-ortho nitro benzene ring substituents is 1. The SMILES string of the molecule is O=C(NCC1CC1)[C@H]1Cc2cc([N+](=O)[O-])ccc2N2CCN(C(=O)c3ccco3)C[C@@H]12. The molecule has 2 fully saturated rings. The molecule has 9 nitrogen and oxygen atoms in total. The lowest BCUT2D eigenvalue weighted by molar-refractivity contribution is -0.384. The number of nitrogens with one attached hydrogen (secondary N) is 1. The third-order valence-corrected chi connectivity index (χ3v) is 6.52. The zero-order valence-corrected chi connectivity index (χ0v) is 17.0. The van der Waals surface area contributed by atoms with Crippen molar-refractivity contribution < 1.29 is 18.9 Å². The number of furan rings is 1. The average molecular weight is 424 g/mol. The number of benzene rings is 1. The second-order valence-electron chi connectivity index (χ2n) is 8.56. The lowest BCUT2D eigenvalue weighted by Crippen LogP contribution is -2.62. The number of hydrogen-bond donors (Lipinski definition) is 1. The Bertz CT molecular complexity index is 1020. The summed E-state index contributed by atoms with van der Waals surface area (Å²) in [6, 6.07) is 7.98. The standard InChI is InChI=1S/C22H24N4O5/c27-21(23-12-14-3-4-14)17-11-15-10-16(26(29)30)5-6-18(15)25-8-7-24(13-19(17)25)22(28)20-2-1-9-31-20/h1-2,5-6,9-10,14,17,19H,3-4,7-8,11-13H2,(H,23,27)/t17-,19-/m0/s1. The number of nitro groups is 1. The maximum atomic E-state index is 13.1. The highest BCUT2D eigenvalue weighted by atomic mass is 16.6. The summed E-state index contributed by atoms with van der Waals surface area (Å²) in [4.78, 5) is 40.7. The summed E-state index contributed by atoms with van der Waals surface area (Å²) in [7, 11) is 0. The number of carbonyl (C=O) groups is 2. The summed E-state index contributed by atoms with van der Waals surface area (Å²) in [6.07, 6.45) is 4.17. The molecule has 1 aliphatic carbocycles. The van der Waals surface area contributed by atoms with Gasteiger partial charge in [0.2, 0.25) is 5.91 Å². The van der Waals surface area contributed by atoms with Crippen LogP contribution in [0.4, 0.5) is 11.4 Å². The fourth-order valence-electron chi connectivity index (χ4n) is 4.66. The predicted octanol–water partition coefficient (Wildman–Crippen LogP) is 2.22. The first kappa shape index (κ1) is 19.6. The van der Waals surface area contributed by atoms with Gasteiger partial charge in [0.25, 0.3) is 11.6 Å². The van der Waals surface area contributed by atoms with Crippen LogP contribution in [0.5, 0.6) is 0 Å². The summed E-state index contributed by atoms with van der Waals surface area (Å²) in [5.74, 6) is 0.221. The minimum atomic E-state index is -0.408. The average Bonchev–Trinajstić information content (AvgIpc) is 3.46. The Morgan fingerprint density at radius 1 is 1.23 bits per heavy atom. The molecule has 1 N–H and O–H groups in total. The number of piperazine rings is 1. The van der Waals surface area contributed by atoms with Crippen molar-refractivity contribution in [2.45, 2.75) is 25.3 Å². The molecule has 2 amide bonds. The fourth-order valence-corrected chi connectivity index (χ4v) is 4.66. The Labute approximate surface area is 179 Å². The topological polar surface area (TPSA) is 109 Å². The van der Waals surface area contributed by atoms with Crippen LogP contribution in [0.3, 0.4) is 0 Å². The number of fused-ring (bicyclic) bond motifs is 3. The first-order chi connectivity index (χ1) is 15.0. The molecule has 0 bridgehead atoms. The summed E-state index contributed by atoms with van der Waals surface area (Å²) >= 11 is 0. The van der Waals surface area contributed by atoms with Crippen LogP contribution in [0, 0.1) is 22.0 Å². The number of rotatable bonds is 5. The van der Waals surface area contributed by atoms with E-state index in [2.05, 4.69) is 10.2 Å². The van der Waals surface area contributed by atoms with Gasteiger partial charge in [-0.15, -0.1) is 0 Å². The Morgan fingerprint density at radius 2 is 2.06 bits per heavy atom. The Morgan fingerprint density at radius 3 is 2.77 bits per heavy atom. The molecular formula is C22H24N4O5. The molecule has 5 rings (SSSR count). The molecule has 162 valence electrons. The van der Waals surface area contributed by atoms with E-state index in [0.717, 1.165) is 24.1 Å². The zero-order chi connectivity index (χ0) is 21.5. The highest BCUT2D eigenvalue weighted by molar-refractivity contribution is 5.92. The van der Waals surface area contributed by atoms with Gasteiger partial charge in [-0.3, -0.25) is 19.7 Å². The van der Waals surface area contributed by atoms with Crippen LogP contribution in [0.2, 0.25) is 0 Å². The van der Waals surface area contributed by atoms with Gasteiger partial charge in [-0.1, -0.05) is 0 Å². The quantitative estimate of drug-likeness (QED) is 0.582. The van der Waals surface area contributed by atoms with Gasteiger partial charge in [-0.2, -0.15) is 0 Å². The van der Waals surface area contributed by atoms with Gasteiger partial charge >= 0.3 is 0 Å². The number of nitrogens with zero attached hydrogens (tertiary/aromatic N) is 3. The van der Waals surface area contributed by atoms with Crippen molar-refractivity contribution in [2.75, 3.05) is 31.1 Å². The van der Waals surface area contributed by atoms with E-state index >= 15 is 0 Å². The third kappa shape index (κ3) is 3.75. The molecule has 9 heteroatoms. The molecule has 0 radical (unpaired) electrons. The monoisotopic (exact) mass is 424 g/mol. The number of nitro benzene ring substituents is 1. The number of hydrogen-bond acceptors (Lipinski definition) is 6. The lowest BCUT2D eigenvalue weighted by atomic mass is 9.83. The van der Waals surface area contributed by atoms with Crippen molar-refractivity contribution in [2.24, 2.45) is 11.8 Å². The summed E-state index contributed by atoms with van der Waals surface area (Å²) < 4.78 is 5.27. The van der Waals surface area contributed by atoms with Crippen molar-refractivity contribution in [3.05, 3.63) is 58.0 Å². The fraction of sp³-hybridized carbons (Fsp3) is 0.455. The van der Waals surface area contributed by atoms with E-state index < -0.39 is 4.92 Å². The molecule has 2 aliphatic heterocycles. The van der Waals surface area contributed by atoms with Crippen LogP contribution in [0.15, 0.2) is 41.0 Å². The Balaban J connectivity index is 1.43. The molecule has 1 aromatic carbocycles. The molecule has 1 saturated carbocycles. The molecule has 2 atom stereocenters. The molecule has 0 spiro atoms. The molecule has 3 aliphatic rings.